The number of allylic oxidation sites excluding steroid dienone is 1. The Labute approximate surface area is 192 Å². The molecule has 1 atom stereocenters. The SMILES string of the molecule is CCOC(=O)C1=C(C)N=c2s/c(=C\c3ccc(Cl)cc3)c(=O)n2C1c1ccccc1Cl. The van der Waals surface area contributed by atoms with E-state index in [-0.39, 0.29) is 12.2 Å². The first-order valence-corrected chi connectivity index (χ1v) is 11.2. The molecule has 0 fully saturated rings. The third-order valence-electron chi connectivity index (χ3n) is 4.88. The largest absolute Gasteiger partial charge is 0.463 e. The third-order valence-corrected chi connectivity index (χ3v) is 6.46. The normalized spacial score (nSPS) is 16.1. The second kappa shape index (κ2) is 8.83. The van der Waals surface area contributed by atoms with Gasteiger partial charge in [-0.2, -0.15) is 0 Å². The van der Waals surface area contributed by atoms with Crippen molar-refractivity contribution in [2.24, 2.45) is 4.99 Å². The van der Waals surface area contributed by atoms with E-state index < -0.39 is 12.0 Å². The van der Waals surface area contributed by atoms with E-state index in [0.29, 0.717) is 36.2 Å². The van der Waals surface area contributed by atoms with Crippen LogP contribution in [0.5, 0.6) is 0 Å². The minimum atomic E-state index is -0.726. The van der Waals surface area contributed by atoms with Crippen molar-refractivity contribution in [3.63, 3.8) is 0 Å². The Morgan fingerprint density at radius 1 is 1.19 bits per heavy atom. The fourth-order valence-corrected chi connectivity index (χ4v) is 4.90. The van der Waals surface area contributed by atoms with Crippen LogP contribution in [0.25, 0.3) is 6.08 Å². The molecule has 0 aliphatic carbocycles. The summed E-state index contributed by atoms with van der Waals surface area (Å²) in [6, 6.07) is 13.6. The number of hydrogen-bond donors (Lipinski definition) is 0. The molecule has 1 unspecified atom stereocenters. The summed E-state index contributed by atoms with van der Waals surface area (Å²) in [6.45, 7) is 3.69. The Morgan fingerprint density at radius 2 is 1.90 bits per heavy atom. The first-order chi connectivity index (χ1) is 14.9. The summed E-state index contributed by atoms with van der Waals surface area (Å²) in [4.78, 5) is 31.3. The molecular formula is C23H18Cl2N2O3S. The molecule has 5 nitrogen and oxygen atoms in total. The van der Waals surface area contributed by atoms with Crippen molar-refractivity contribution in [1.82, 2.24) is 4.57 Å². The quantitative estimate of drug-likeness (QED) is 0.536. The lowest BCUT2D eigenvalue weighted by Crippen LogP contribution is -2.40. The van der Waals surface area contributed by atoms with Crippen LogP contribution in [0, 0.1) is 0 Å². The van der Waals surface area contributed by atoms with E-state index in [4.69, 9.17) is 27.9 Å². The summed E-state index contributed by atoms with van der Waals surface area (Å²) >= 11 is 13.7. The molecule has 1 aliphatic rings. The van der Waals surface area contributed by atoms with E-state index >= 15 is 0 Å². The summed E-state index contributed by atoms with van der Waals surface area (Å²) in [5.74, 6) is -0.513. The van der Waals surface area contributed by atoms with Gasteiger partial charge in [-0.25, -0.2) is 9.79 Å². The first kappa shape index (κ1) is 21.6. The number of rotatable bonds is 4. The number of halogens is 2. The number of esters is 1. The van der Waals surface area contributed by atoms with Crippen LogP contribution in [0.4, 0.5) is 0 Å². The summed E-state index contributed by atoms with van der Waals surface area (Å²) in [7, 11) is 0. The van der Waals surface area contributed by atoms with Crippen LogP contribution in [0.3, 0.4) is 0 Å². The van der Waals surface area contributed by atoms with Gasteiger partial charge in [-0.15, -0.1) is 0 Å². The number of carbonyl (C=O) groups excluding carboxylic acids is 1. The number of nitrogens with zero attached hydrogens (tertiary/aromatic N) is 2. The van der Waals surface area contributed by atoms with Crippen LogP contribution in [-0.4, -0.2) is 17.1 Å². The molecule has 1 aliphatic heterocycles. The highest BCUT2D eigenvalue weighted by atomic mass is 35.5. The summed E-state index contributed by atoms with van der Waals surface area (Å²) in [5, 5.41) is 1.07. The van der Waals surface area contributed by atoms with Gasteiger partial charge in [0.1, 0.15) is 6.04 Å². The average Bonchev–Trinajstić information content (AvgIpc) is 3.04. The maximum atomic E-state index is 13.5. The molecule has 2 aromatic carbocycles. The van der Waals surface area contributed by atoms with Crippen molar-refractivity contribution in [2.45, 2.75) is 19.9 Å². The van der Waals surface area contributed by atoms with Crippen LogP contribution in [0.15, 0.2) is 69.6 Å². The van der Waals surface area contributed by atoms with Crippen LogP contribution in [0.2, 0.25) is 10.0 Å². The average molecular weight is 473 g/mol. The van der Waals surface area contributed by atoms with Gasteiger partial charge < -0.3 is 4.74 Å². The lowest BCUT2D eigenvalue weighted by Gasteiger charge is -2.25. The molecule has 0 radical (unpaired) electrons. The number of fused-ring (bicyclic) bond motifs is 1. The number of thiazole rings is 1. The van der Waals surface area contributed by atoms with E-state index in [1.807, 2.05) is 18.2 Å². The fourth-order valence-electron chi connectivity index (χ4n) is 3.49. The van der Waals surface area contributed by atoms with Crippen LogP contribution in [-0.2, 0) is 9.53 Å². The molecule has 0 saturated heterocycles. The van der Waals surface area contributed by atoms with Gasteiger partial charge in [0.05, 0.1) is 22.4 Å². The van der Waals surface area contributed by atoms with Gasteiger partial charge in [0, 0.05) is 10.0 Å². The van der Waals surface area contributed by atoms with E-state index in [1.165, 1.54) is 15.9 Å². The second-order valence-electron chi connectivity index (χ2n) is 6.88. The standard InChI is InChI=1S/C23H18Cl2N2O3S/c1-3-30-22(29)19-13(2)26-23-27(20(19)16-6-4-5-7-17(16)25)21(28)18(31-23)12-14-8-10-15(24)11-9-14/h4-12,20H,3H2,1-2H3/b18-12-. The van der Waals surface area contributed by atoms with Crippen LogP contribution >= 0.6 is 34.5 Å². The molecule has 0 amide bonds. The molecule has 158 valence electrons. The summed E-state index contributed by atoms with van der Waals surface area (Å²) in [6.07, 6.45) is 1.78. The van der Waals surface area contributed by atoms with Crippen LogP contribution in [0.1, 0.15) is 31.0 Å². The van der Waals surface area contributed by atoms with Crippen molar-refractivity contribution in [3.05, 3.63) is 101 Å². The van der Waals surface area contributed by atoms with Gasteiger partial charge in [0.15, 0.2) is 4.80 Å². The highest BCUT2D eigenvalue weighted by Crippen LogP contribution is 2.34. The Morgan fingerprint density at radius 3 is 2.58 bits per heavy atom. The number of benzene rings is 2. The molecule has 3 aromatic rings. The smallest absolute Gasteiger partial charge is 0.338 e. The lowest BCUT2D eigenvalue weighted by molar-refractivity contribution is -0.139. The number of hydrogen-bond acceptors (Lipinski definition) is 5. The number of carbonyl (C=O) groups is 1. The zero-order valence-electron chi connectivity index (χ0n) is 16.8. The van der Waals surface area contributed by atoms with Crippen molar-refractivity contribution in [2.75, 3.05) is 6.61 Å². The molecule has 1 aromatic heterocycles. The minimum absolute atomic E-state index is 0.214. The minimum Gasteiger partial charge on any atom is -0.463 e. The van der Waals surface area contributed by atoms with E-state index in [1.54, 1.807) is 50.3 Å². The van der Waals surface area contributed by atoms with Crippen molar-refractivity contribution < 1.29 is 9.53 Å². The molecule has 2 heterocycles. The van der Waals surface area contributed by atoms with Crippen molar-refractivity contribution in [3.8, 4) is 0 Å². The van der Waals surface area contributed by atoms with Crippen molar-refractivity contribution in [1.29, 1.82) is 0 Å². The van der Waals surface area contributed by atoms with Gasteiger partial charge in [0.25, 0.3) is 5.56 Å². The fraction of sp³-hybridized carbons (Fsp3) is 0.174. The van der Waals surface area contributed by atoms with E-state index in [0.717, 1.165) is 5.56 Å². The van der Waals surface area contributed by atoms with E-state index in [9.17, 15) is 9.59 Å². The summed E-state index contributed by atoms with van der Waals surface area (Å²) < 4.78 is 7.30. The molecule has 0 bridgehead atoms. The van der Waals surface area contributed by atoms with Crippen LogP contribution < -0.4 is 14.9 Å². The Kier molecular flexibility index (Phi) is 6.14. The van der Waals surface area contributed by atoms with Gasteiger partial charge in [-0.1, -0.05) is 64.9 Å². The Balaban J connectivity index is 1.97. The molecule has 31 heavy (non-hydrogen) atoms. The maximum Gasteiger partial charge on any atom is 0.338 e. The van der Waals surface area contributed by atoms with Gasteiger partial charge in [-0.05, 0) is 49.2 Å². The highest BCUT2D eigenvalue weighted by Gasteiger charge is 2.34. The Bertz CT molecular complexity index is 1370. The van der Waals surface area contributed by atoms with Gasteiger partial charge in [-0.3, -0.25) is 9.36 Å². The topological polar surface area (TPSA) is 60.7 Å². The van der Waals surface area contributed by atoms with Crippen molar-refractivity contribution >= 4 is 46.6 Å². The zero-order valence-corrected chi connectivity index (χ0v) is 19.1. The predicted molar refractivity (Wildman–Crippen MR) is 123 cm³/mol. The molecule has 8 heteroatoms. The van der Waals surface area contributed by atoms with Gasteiger partial charge >= 0.3 is 5.97 Å². The number of aromatic nitrogens is 1. The molecule has 0 spiro atoms. The third kappa shape index (κ3) is 4.11. The first-order valence-electron chi connectivity index (χ1n) is 9.60. The molecule has 0 saturated carbocycles. The molecular weight excluding hydrogens is 455 g/mol. The summed E-state index contributed by atoms with van der Waals surface area (Å²) in [5.41, 5.74) is 2.03. The monoisotopic (exact) mass is 472 g/mol. The zero-order chi connectivity index (χ0) is 22.1. The second-order valence-corrected chi connectivity index (χ2v) is 8.73. The lowest BCUT2D eigenvalue weighted by atomic mass is 9.96. The maximum absolute atomic E-state index is 13.5. The number of ether oxygens (including phenoxy) is 1. The molecule has 0 N–H and O–H groups in total. The van der Waals surface area contributed by atoms with E-state index in [2.05, 4.69) is 4.99 Å². The predicted octanol–water partition coefficient (Wildman–Crippen LogP) is 4.11. The highest BCUT2D eigenvalue weighted by molar-refractivity contribution is 7.07. The molecule has 4 rings (SSSR count). The van der Waals surface area contributed by atoms with Gasteiger partial charge in [0.2, 0.25) is 0 Å². The Hall–Kier alpha value is -2.67.